The molecule has 0 aliphatic carbocycles. The molecule has 0 bridgehead atoms. The Labute approximate surface area is 303 Å². The maximum atomic E-state index is 13.3. The number of benzene rings is 3. The first-order valence-corrected chi connectivity index (χ1v) is 16.8. The highest BCUT2D eigenvalue weighted by Crippen LogP contribution is 2.39. The number of alkyl halides is 6. The quantitative estimate of drug-likeness (QED) is 0.169. The van der Waals surface area contributed by atoms with Crippen LogP contribution in [-0.4, -0.2) is 29.1 Å². The fourth-order valence-corrected chi connectivity index (χ4v) is 7.35. The van der Waals surface area contributed by atoms with Gasteiger partial charge in [0.25, 0.3) is 0 Å². The molecular weight excluding hydrogens is 702 g/mol. The Morgan fingerprint density at radius 3 is 1.19 bits per heavy atom. The first kappa shape index (κ1) is 33.3. The molecule has 0 amide bonds. The van der Waals surface area contributed by atoms with Crippen LogP contribution < -0.4 is 0 Å². The van der Waals surface area contributed by atoms with Crippen molar-refractivity contribution >= 4 is 43.6 Å². The Morgan fingerprint density at radius 2 is 0.815 bits per heavy atom. The Morgan fingerprint density at radius 1 is 0.444 bits per heavy atom. The molecule has 9 aromatic rings. The van der Waals surface area contributed by atoms with E-state index < -0.39 is 23.5 Å². The van der Waals surface area contributed by atoms with Crippen LogP contribution in [0.2, 0.25) is 0 Å². The SMILES string of the molecule is Cc1cc(-c2cc3c4ccncc4n(-c4ccc(C(F)(F)F)cc4)c3cn2)c(C)cc1-c1cc2c3ccncc3n(-c3ccc(C(F)(F)F)cc3)c2cn1. The first-order chi connectivity index (χ1) is 25.9. The van der Waals surface area contributed by atoms with Crippen LogP contribution >= 0.6 is 0 Å². The molecule has 0 fully saturated rings. The highest BCUT2D eigenvalue weighted by Gasteiger charge is 2.31. The van der Waals surface area contributed by atoms with Gasteiger partial charge in [0.15, 0.2) is 0 Å². The molecule has 6 heterocycles. The Balaban J connectivity index is 1.12. The number of aryl methyl sites for hydroxylation is 2. The van der Waals surface area contributed by atoms with Gasteiger partial charge in [-0.2, -0.15) is 26.3 Å². The number of nitrogens with zero attached hydrogens (tertiary/aromatic N) is 6. The number of pyridine rings is 4. The van der Waals surface area contributed by atoms with Gasteiger partial charge in [0.2, 0.25) is 0 Å². The summed E-state index contributed by atoms with van der Waals surface area (Å²) in [4.78, 5) is 18.3. The van der Waals surface area contributed by atoms with E-state index >= 15 is 0 Å². The molecule has 6 aromatic heterocycles. The van der Waals surface area contributed by atoms with Crippen LogP contribution in [0.15, 0.2) is 122 Å². The summed E-state index contributed by atoms with van der Waals surface area (Å²) in [6.45, 7) is 4.00. The van der Waals surface area contributed by atoms with Crippen molar-refractivity contribution in [3.8, 4) is 33.9 Å². The lowest BCUT2D eigenvalue weighted by atomic mass is 9.95. The minimum absolute atomic E-state index is 0.560. The number of hydrogen-bond acceptors (Lipinski definition) is 4. The lowest BCUT2D eigenvalue weighted by Gasteiger charge is -2.13. The molecule has 0 saturated heterocycles. The smallest absolute Gasteiger partial charge is 0.306 e. The maximum Gasteiger partial charge on any atom is 0.416 e. The van der Waals surface area contributed by atoms with Crippen LogP contribution in [0.1, 0.15) is 22.3 Å². The van der Waals surface area contributed by atoms with E-state index in [2.05, 4.69) is 22.1 Å². The zero-order chi connectivity index (χ0) is 37.5. The lowest BCUT2D eigenvalue weighted by molar-refractivity contribution is -0.138. The second-order valence-corrected chi connectivity index (χ2v) is 13.2. The fraction of sp³-hybridized carbons (Fsp3) is 0.0952. The summed E-state index contributed by atoms with van der Waals surface area (Å²) < 4.78 is 83.6. The number of fused-ring (bicyclic) bond motifs is 6. The van der Waals surface area contributed by atoms with Crippen LogP contribution in [0.4, 0.5) is 26.3 Å². The van der Waals surface area contributed by atoms with E-state index in [1.807, 2.05) is 47.2 Å². The average Bonchev–Trinajstić information content (AvgIpc) is 3.67. The molecule has 0 radical (unpaired) electrons. The van der Waals surface area contributed by atoms with Crippen molar-refractivity contribution < 1.29 is 26.3 Å². The molecule has 0 aliphatic rings. The third kappa shape index (κ3) is 5.36. The zero-order valence-corrected chi connectivity index (χ0v) is 28.5. The summed E-state index contributed by atoms with van der Waals surface area (Å²) in [6, 6.07) is 22.0. The molecule has 54 heavy (non-hydrogen) atoms. The monoisotopic (exact) mass is 728 g/mol. The van der Waals surface area contributed by atoms with Gasteiger partial charge >= 0.3 is 12.4 Å². The second kappa shape index (κ2) is 12.0. The standard InChI is InChI=1S/C42H26F6N6/c1-23-15-32(36-18-34-30-12-14-50-20-38(30)54(40(34)22-52-36)28-9-5-26(6-10-28)42(46,47)48)24(2)16-31(23)35-17-33-29-11-13-49-19-37(29)53(39(33)21-51-35)27-7-3-25(4-8-27)41(43,44)45/h3-22H,1-2H3. The summed E-state index contributed by atoms with van der Waals surface area (Å²) in [5.74, 6) is 0. The molecule has 12 heteroatoms. The Hall–Kier alpha value is -6.56. The topological polar surface area (TPSA) is 61.4 Å². The van der Waals surface area contributed by atoms with Gasteiger partial charge in [0, 0.05) is 56.4 Å². The Kier molecular flexibility index (Phi) is 7.39. The summed E-state index contributed by atoms with van der Waals surface area (Å²) in [6.07, 6.45) is 1.35. The van der Waals surface area contributed by atoms with E-state index in [0.29, 0.717) is 11.4 Å². The summed E-state index contributed by atoms with van der Waals surface area (Å²) >= 11 is 0. The van der Waals surface area contributed by atoms with Gasteiger partial charge in [-0.1, -0.05) is 0 Å². The van der Waals surface area contributed by atoms with Crippen LogP contribution in [-0.2, 0) is 12.4 Å². The van der Waals surface area contributed by atoms with E-state index in [1.165, 1.54) is 24.3 Å². The molecule has 3 aromatic carbocycles. The molecule has 0 atom stereocenters. The van der Waals surface area contributed by atoms with E-state index in [4.69, 9.17) is 9.97 Å². The predicted molar refractivity (Wildman–Crippen MR) is 197 cm³/mol. The predicted octanol–water partition coefficient (Wildman–Crippen LogP) is 11.4. The van der Waals surface area contributed by atoms with Gasteiger partial charge in [-0.05, 0) is 110 Å². The molecule has 266 valence electrons. The third-order valence-electron chi connectivity index (χ3n) is 9.94. The average molecular weight is 729 g/mol. The summed E-state index contributed by atoms with van der Waals surface area (Å²) in [5, 5.41) is 3.53. The van der Waals surface area contributed by atoms with E-state index in [1.54, 1.807) is 37.2 Å². The third-order valence-corrected chi connectivity index (χ3v) is 9.94. The molecule has 0 aliphatic heterocycles. The van der Waals surface area contributed by atoms with Crippen LogP contribution in [0.25, 0.3) is 77.5 Å². The van der Waals surface area contributed by atoms with Crippen molar-refractivity contribution in [2.75, 3.05) is 0 Å². The molecule has 6 nitrogen and oxygen atoms in total. The zero-order valence-electron chi connectivity index (χ0n) is 28.5. The highest BCUT2D eigenvalue weighted by atomic mass is 19.4. The van der Waals surface area contributed by atoms with Gasteiger partial charge in [0.05, 0.1) is 69.4 Å². The molecule has 9 rings (SSSR count). The summed E-state index contributed by atoms with van der Waals surface area (Å²) in [5.41, 5.74) is 7.81. The number of halogens is 6. The summed E-state index contributed by atoms with van der Waals surface area (Å²) in [7, 11) is 0. The molecule has 0 spiro atoms. The van der Waals surface area contributed by atoms with Crippen molar-refractivity contribution in [1.29, 1.82) is 0 Å². The maximum absolute atomic E-state index is 13.3. The van der Waals surface area contributed by atoms with Crippen molar-refractivity contribution in [1.82, 2.24) is 29.1 Å². The second-order valence-electron chi connectivity index (χ2n) is 13.2. The molecule has 0 saturated carbocycles. The highest BCUT2D eigenvalue weighted by molar-refractivity contribution is 6.11. The van der Waals surface area contributed by atoms with Crippen molar-refractivity contribution in [2.45, 2.75) is 26.2 Å². The number of rotatable bonds is 4. The van der Waals surface area contributed by atoms with Crippen molar-refractivity contribution in [3.05, 3.63) is 144 Å². The van der Waals surface area contributed by atoms with Crippen LogP contribution in [0, 0.1) is 13.8 Å². The van der Waals surface area contributed by atoms with Gasteiger partial charge in [0.1, 0.15) is 0 Å². The van der Waals surface area contributed by atoms with Crippen molar-refractivity contribution in [3.63, 3.8) is 0 Å². The minimum Gasteiger partial charge on any atom is -0.306 e. The fourth-order valence-electron chi connectivity index (χ4n) is 7.35. The van der Waals surface area contributed by atoms with E-state index in [9.17, 15) is 26.3 Å². The number of hydrogen-bond donors (Lipinski definition) is 0. The van der Waals surface area contributed by atoms with Gasteiger partial charge < -0.3 is 9.13 Å². The molecule has 0 unspecified atom stereocenters. The van der Waals surface area contributed by atoms with E-state index in [0.717, 1.165) is 102 Å². The van der Waals surface area contributed by atoms with Crippen LogP contribution in [0.5, 0.6) is 0 Å². The van der Waals surface area contributed by atoms with E-state index in [-0.39, 0.29) is 0 Å². The van der Waals surface area contributed by atoms with Crippen molar-refractivity contribution in [2.24, 2.45) is 0 Å². The number of aromatic nitrogens is 6. The van der Waals surface area contributed by atoms with Gasteiger partial charge in [-0.3, -0.25) is 19.9 Å². The van der Waals surface area contributed by atoms with Crippen LogP contribution in [0.3, 0.4) is 0 Å². The minimum atomic E-state index is -4.44. The lowest BCUT2D eigenvalue weighted by Crippen LogP contribution is -2.05. The first-order valence-electron chi connectivity index (χ1n) is 16.8. The Bertz CT molecular complexity index is 2720. The normalized spacial score (nSPS) is 12.4. The van der Waals surface area contributed by atoms with Gasteiger partial charge in [-0.25, -0.2) is 0 Å². The molecule has 0 N–H and O–H groups in total. The van der Waals surface area contributed by atoms with Gasteiger partial charge in [-0.15, -0.1) is 0 Å². The molecular formula is C42H26F6N6. The largest absolute Gasteiger partial charge is 0.416 e.